The van der Waals surface area contributed by atoms with Crippen molar-refractivity contribution < 1.29 is 24.2 Å². The third-order valence-electron chi connectivity index (χ3n) is 5.32. The number of thiazole rings is 1. The van der Waals surface area contributed by atoms with Crippen LogP contribution in [0.5, 0.6) is 17.2 Å². The lowest BCUT2D eigenvalue weighted by Crippen LogP contribution is -2.20. The smallest absolute Gasteiger partial charge is 0.311 e. The van der Waals surface area contributed by atoms with Crippen LogP contribution in [0.3, 0.4) is 0 Å². The minimum Gasteiger partial charge on any atom is -0.493 e. The predicted octanol–water partition coefficient (Wildman–Crippen LogP) is 6.60. The molecule has 10 heteroatoms. The normalized spacial score (nSPS) is 14.8. The van der Waals surface area contributed by atoms with E-state index in [0.717, 1.165) is 10.2 Å². The molecule has 2 heterocycles. The first-order valence-electron chi connectivity index (χ1n) is 10.2. The van der Waals surface area contributed by atoms with Gasteiger partial charge in [-0.3, -0.25) is 14.9 Å². The predicted molar refractivity (Wildman–Crippen MR) is 131 cm³/mol. The highest BCUT2D eigenvalue weighted by molar-refractivity contribution is 7.22. The molecule has 0 aliphatic carbocycles. The van der Waals surface area contributed by atoms with Crippen molar-refractivity contribution in [3.63, 3.8) is 0 Å². The standard InChI is InChI=1S/C24H16Cl2N2O5S/c25-13-3-6-18-21(9-13)34-24(27-18)28-22(29)12-1-4-14(5-2-12)33-20-11-19-16(10-17(20)26)15(23(30)31)7-8-32-19/h1-6,9-11,15H,7-8H2,(H,30,31)(H,27,28,29). The summed E-state index contributed by atoms with van der Waals surface area (Å²) in [7, 11) is 0. The topological polar surface area (TPSA) is 97.8 Å². The molecule has 0 saturated carbocycles. The molecule has 0 fully saturated rings. The van der Waals surface area contributed by atoms with Crippen molar-refractivity contribution in [1.82, 2.24) is 4.98 Å². The third-order valence-corrected chi connectivity index (χ3v) is 6.78. The molecule has 1 aliphatic heterocycles. The van der Waals surface area contributed by atoms with Crippen molar-refractivity contribution in [1.29, 1.82) is 0 Å². The molecule has 1 aliphatic rings. The first kappa shape index (κ1) is 22.5. The Bertz CT molecular complexity index is 1420. The van der Waals surface area contributed by atoms with Crippen LogP contribution < -0.4 is 14.8 Å². The average molecular weight is 515 g/mol. The Labute approximate surface area is 207 Å². The Morgan fingerprint density at radius 1 is 1.12 bits per heavy atom. The summed E-state index contributed by atoms with van der Waals surface area (Å²) in [6.45, 7) is 0.302. The van der Waals surface area contributed by atoms with Crippen LogP contribution in [-0.2, 0) is 4.79 Å². The number of hydrogen-bond acceptors (Lipinski definition) is 6. The molecule has 7 nitrogen and oxygen atoms in total. The number of hydrogen-bond donors (Lipinski definition) is 2. The van der Waals surface area contributed by atoms with Crippen molar-refractivity contribution in [3.8, 4) is 17.2 Å². The molecule has 172 valence electrons. The molecule has 0 saturated heterocycles. The highest BCUT2D eigenvalue weighted by atomic mass is 35.5. The van der Waals surface area contributed by atoms with E-state index in [9.17, 15) is 14.7 Å². The van der Waals surface area contributed by atoms with E-state index in [-0.39, 0.29) is 10.9 Å². The van der Waals surface area contributed by atoms with Crippen molar-refractivity contribution in [2.45, 2.75) is 12.3 Å². The Hall–Kier alpha value is -3.33. The van der Waals surface area contributed by atoms with E-state index in [2.05, 4.69) is 10.3 Å². The van der Waals surface area contributed by atoms with E-state index >= 15 is 0 Å². The van der Waals surface area contributed by atoms with Crippen LogP contribution in [0.25, 0.3) is 10.2 Å². The number of anilines is 1. The first-order valence-corrected chi connectivity index (χ1v) is 11.8. The summed E-state index contributed by atoms with van der Waals surface area (Å²) in [6, 6.07) is 15.0. The second-order valence-electron chi connectivity index (χ2n) is 7.56. The van der Waals surface area contributed by atoms with E-state index < -0.39 is 11.9 Å². The molecular formula is C24H16Cl2N2O5S. The molecule has 0 bridgehead atoms. The summed E-state index contributed by atoms with van der Waals surface area (Å²) < 4.78 is 12.3. The number of carboxylic acids is 1. The first-order chi connectivity index (χ1) is 16.4. The number of halogens is 2. The quantitative estimate of drug-likeness (QED) is 0.311. The Morgan fingerprint density at radius 2 is 1.91 bits per heavy atom. The summed E-state index contributed by atoms with van der Waals surface area (Å²) >= 11 is 13.7. The number of rotatable bonds is 5. The van der Waals surface area contributed by atoms with Gasteiger partial charge in [-0.1, -0.05) is 34.5 Å². The van der Waals surface area contributed by atoms with Gasteiger partial charge in [0.05, 0.1) is 27.8 Å². The lowest BCUT2D eigenvalue weighted by molar-refractivity contribution is -0.139. The van der Waals surface area contributed by atoms with Gasteiger partial charge in [0.15, 0.2) is 5.13 Å². The molecule has 4 aromatic rings. The number of benzene rings is 3. The van der Waals surface area contributed by atoms with E-state index in [1.54, 1.807) is 54.6 Å². The number of carbonyl (C=O) groups excluding carboxylic acids is 1. The van der Waals surface area contributed by atoms with Crippen LogP contribution in [-0.4, -0.2) is 28.6 Å². The van der Waals surface area contributed by atoms with Gasteiger partial charge in [-0.25, -0.2) is 4.98 Å². The lowest BCUT2D eigenvalue weighted by Gasteiger charge is -2.24. The van der Waals surface area contributed by atoms with Crippen molar-refractivity contribution in [2.75, 3.05) is 11.9 Å². The SMILES string of the molecule is O=C(Nc1nc2ccc(Cl)cc2s1)c1ccc(Oc2cc3c(cc2Cl)C(C(=O)O)CCO3)cc1. The number of nitrogens with zero attached hydrogens (tertiary/aromatic N) is 1. The maximum atomic E-state index is 12.6. The molecule has 1 aromatic heterocycles. The highest BCUT2D eigenvalue weighted by Crippen LogP contribution is 2.42. The summed E-state index contributed by atoms with van der Waals surface area (Å²) in [5, 5.41) is 13.6. The summed E-state index contributed by atoms with van der Waals surface area (Å²) in [5.74, 6) is -0.670. The zero-order valence-corrected chi connectivity index (χ0v) is 19.7. The largest absolute Gasteiger partial charge is 0.493 e. The molecule has 0 spiro atoms. The minimum absolute atomic E-state index is 0.272. The fraction of sp³-hybridized carbons (Fsp3) is 0.125. The number of ether oxygens (including phenoxy) is 2. The minimum atomic E-state index is -0.919. The van der Waals surface area contributed by atoms with Crippen LogP contribution in [0.4, 0.5) is 5.13 Å². The van der Waals surface area contributed by atoms with Gasteiger partial charge in [0.1, 0.15) is 17.2 Å². The Balaban J connectivity index is 1.30. The summed E-state index contributed by atoms with van der Waals surface area (Å²) in [4.78, 5) is 28.5. The van der Waals surface area contributed by atoms with Crippen LogP contribution in [0.15, 0.2) is 54.6 Å². The summed E-state index contributed by atoms with van der Waals surface area (Å²) in [6.07, 6.45) is 0.382. The third kappa shape index (κ3) is 4.52. The highest BCUT2D eigenvalue weighted by Gasteiger charge is 2.29. The fourth-order valence-electron chi connectivity index (χ4n) is 3.65. The fourth-order valence-corrected chi connectivity index (χ4v) is 4.99. The number of amides is 1. The molecule has 5 rings (SSSR count). The van der Waals surface area contributed by atoms with Crippen LogP contribution in [0.2, 0.25) is 10.0 Å². The Morgan fingerprint density at radius 3 is 2.68 bits per heavy atom. The van der Waals surface area contributed by atoms with E-state index in [1.165, 1.54) is 11.3 Å². The summed E-state index contributed by atoms with van der Waals surface area (Å²) in [5.41, 5.74) is 1.71. The second-order valence-corrected chi connectivity index (χ2v) is 9.43. The number of fused-ring (bicyclic) bond motifs is 2. The molecule has 1 amide bonds. The maximum Gasteiger partial charge on any atom is 0.311 e. The maximum absolute atomic E-state index is 12.6. The van der Waals surface area contributed by atoms with Gasteiger partial charge in [0.25, 0.3) is 5.91 Å². The van der Waals surface area contributed by atoms with Crippen LogP contribution in [0.1, 0.15) is 28.3 Å². The monoisotopic (exact) mass is 514 g/mol. The van der Waals surface area contributed by atoms with Gasteiger partial charge >= 0.3 is 5.97 Å². The van der Waals surface area contributed by atoms with E-state index in [1.807, 2.05) is 0 Å². The average Bonchev–Trinajstić information content (AvgIpc) is 3.20. The zero-order valence-electron chi connectivity index (χ0n) is 17.4. The van der Waals surface area contributed by atoms with Gasteiger partial charge in [0.2, 0.25) is 0 Å². The Kier molecular flexibility index (Phi) is 6.03. The molecular weight excluding hydrogens is 499 g/mol. The van der Waals surface area contributed by atoms with Gasteiger partial charge in [-0.15, -0.1) is 0 Å². The van der Waals surface area contributed by atoms with Gasteiger partial charge in [-0.2, -0.15) is 0 Å². The van der Waals surface area contributed by atoms with Crippen molar-refractivity contribution >= 4 is 61.8 Å². The van der Waals surface area contributed by atoms with Crippen LogP contribution >= 0.6 is 34.5 Å². The molecule has 1 unspecified atom stereocenters. The second kappa shape index (κ2) is 9.13. The van der Waals surface area contributed by atoms with Crippen molar-refractivity contribution in [2.24, 2.45) is 0 Å². The van der Waals surface area contributed by atoms with E-state index in [4.69, 9.17) is 32.7 Å². The molecule has 34 heavy (non-hydrogen) atoms. The molecule has 3 aromatic carbocycles. The van der Waals surface area contributed by atoms with E-state index in [0.29, 0.717) is 51.6 Å². The zero-order chi connectivity index (χ0) is 23.8. The van der Waals surface area contributed by atoms with Gasteiger partial charge < -0.3 is 14.6 Å². The lowest BCUT2D eigenvalue weighted by atomic mass is 9.93. The molecule has 0 radical (unpaired) electrons. The molecule has 1 atom stereocenters. The number of carboxylic acid groups (broad SMARTS) is 1. The number of carbonyl (C=O) groups is 2. The number of aliphatic carboxylic acids is 1. The van der Waals surface area contributed by atoms with Crippen molar-refractivity contribution in [3.05, 3.63) is 75.8 Å². The van der Waals surface area contributed by atoms with Crippen LogP contribution in [0, 0.1) is 0 Å². The number of nitrogens with one attached hydrogen (secondary N) is 1. The van der Waals surface area contributed by atoms with Gasteiger partial charge in [0, 0.05) is 22.2 Å². The number of aromatic nitrogens is 1. The molecule has 2 N–H and O–H groups in total. The van der Waals surface area contributed by atoms with Gasteiger partial charge in [-0.05, 0) is 55.0 Å².